The van der Waals surface area contributed by atoms with Crippen LogP contribution in [0.3, 0.4) is 0 Å². The monoisotopic (exact) mass is 343 g/mol. The first-order chi connectivity index (χ1) is 10.5. The summed E-state index contributed by atoms with van der Waals surface area (Å²) >= 11 is 0. The maximum absolute atomic E-state index is 12.4. The molecule has 0 aromatic heterocycles. The number of carbonyl (C=O) groups excluding carboxylic acids is 2. The van der Waals surface area contributed by atoms with Crippen molar-refractivity contribution in [2.24, 2.45) is 5.92 Å². The van der Waals surface area contributed by atoms with E-state index in [0.717, 1.165) is 6.42 Å². The lowest BCUT2D eigenvalue weighted by atomic mass is 10.00. The number of piperidine rings is 1. The Balaban J connectivity index is 2.21. The number of nitrogens with zero attached hydrogens (tertiary/aromatic N) is 1. The molecule has 0 unspecified atom stereocenters. The van der Waals surface area contributed by atoms with Gasteiger partial charge in [-0.25, -0.2) is 9.59 Å². The highest BCUT2D eigenvalue weighted by Crippen LogP contribution is 2.57. The van der Waals surface area contributed by atoms with E-state index in [0.29, 0.717) is 13.0 Å². The topological polar surface area (TPSA) is 65.1 Å². The fraction of sp³-hybridized carbons (Fsp3) is 0.875. The number of hydrogen-bond donors (Lipinski definition) is 0. The Labute approximate surface area is 139 Å². The Hall–Kier alpha value is -1.08. The van der Waals surface area contributed by atoms with Crippen LogP contribution in [0.5, 0.6) is 0 Å². The predicted molar refractivity (Wildman–Crippen MR) is 88.7 cm³/mol. The number of carbonyl (C=O) groups is 2. The highest BCUT2D eigenvalue weighted by molar-refractivity contribution is 6.74. The molecule has 2 fully saturated rings. The molecule has 1 aliphatic carbocycles. The number of methoxy groups -OCH3 is 2. The summed E-state index contributed by atoms with van der Waals surface area (Å²) in [7, 11) is 0.768. The molecule has 1 saturated heterocycles. The lowest BCUT2D eigenvalue weighted by Crippen LogP contribution is -2.56. The molecule has 0 N–H and O–H groups in total. The minimum absolute atomic E-state index is 0.00285. The van der Waals surface area contributed by atoms with Crippen LogP contribution in [0, 0.1) is 5.92 Å². The zero-order valence-corrected chi connectivity index (χ0v) is 16.3. The normalized spacial score (nSPS) is 30.5. The fourth-order valence-electron chi connectivity index (χ4n) is 3.26. The van der Waals surface area contributed by atoms with Gasteiger partial charge in [0.15, 0.2) is 8.32 Å². The minimum atomic E-state index is -1.93. The second kappa shape index (κ2) is 5.77. The second-order valence-corrected chi connectivity index (χ2v) is 12.8. The summed E-state index contributed by atoms with van der Waals surface area (Å²) in [6.45, 7) is 11.5. The molecule has 1 heterocycles. The van der Waals surface area contributed by atoms with Crippen molar-refractivity contribution in [3.63, 3.8) is 0 Å². The van der Waals surface area contributed by atoms with E-state index in [1.165, 1.54) is 19.1 Å². The van der Waals surface area contributed by atoms with Crippen molar-refractivity contribution in [1.82, 2.24) is 4.90 Å². The molecule has 3 atom stereocenters. The van der Waals surface area contributed by atoms with E-state index in [9.17, 15) is 9.59 Å². The quantitative estimate of drug-likeness (QED) is 0.582. The standard InChI is InChI=1S/C16H29NO5Si/c1-15(2,3)23(6,7)22-12-8-9-17(14(19)21-5)16(10-11(12)16)13(18)20-4/h11-12H,8-10H2,1-7H3/t11-,12+,16-/m0/s1. The Kier molecular flexibility index (Phi) is 4.58. The second-order valence-electron chi connectivity index (χ2n) is 8.05. The maximum atomic E-state index is 12.4. The number of esters is 1. The maximum Gasteiger partial charge on any atom is 0.410 e. The number of ether oxygens (including phenoxy) is 2. The van der Waals surface area contributed by atoms with Crippen molar-refractivity contribution in [3.8, 4) is 0 Å². The van der Waals surface area contributed by atoms with E-state index in [4.69, 9.17) is 13.9 Å². The van der Waals surface area contributed by atoms with Crippen LogP contribution in [0.4, 0.5) is 4.79 Å². The molecule has 2 aliphatic rings. The van der Waals surface area contributed by atoms with Crippen molar-refractivity contribution >= 4 is 20.4 Å². The third-order valence-corrected chi connectivity index (χ3v) is 10.2. The summed E-state index contributed by atoms with van der Waals surface area (Å²) in [6.07, 6.45) is 0.846. The Morgan fingerprint density at radius 1 is 1.17 bits per heavy atom. The number of fused-ring (bicyclic) bond motifs is 1. The van der Waals surface area contributed by atoms with Crippen LogP contribution >= 0.6 is 0 Å². The van der Waals surface area contributed by atoms with Crippen molar-refractivity contribution in [3.05, 3.63) is 0 Å². The molecule has 1 saturated carbocycles. The summed E-state index contributed by atoms with van der Waals surface area (Å²) < 4.78 is 16.3. The molecule has 1 amide bonds. The zero-order valence-electron chi connectivity index (χ0n) is 15.3. The predicted octanol–water partition coefficient (Wildman–Crippen LogP) is 2.78. The van der Waals surface area contributed by atoms with E-state index in [2.05, 4.69) is 33.9 Å². The number of rotatable bonds is 3. The van der Waals surface area contributed by atoms with E-state index in [1.54, 1.807) is 0 Å². The van der Waals surface area contributed by atoms with Crippen molar-refractivity contribution < 1.29 is 23.5 Å². The Bertz CT molecular complexity index is 501. The van der Waals surface area contributed by atoms with Crippen molar-refractivity contribution in [2.75, 3.05) is 20.8 Å². The van der Waals surface area contributed by atoms with Gasteiger partial charge < -0.3 is 13.9 Å². The summed E-state index contributed by atoms with van der Waals surface area (Å²) in [5.74, 6) is -0.367. The van der Waals surface area contributed by atoms with Gasteiger partial charge >= 0.3 is 12.1 Å². The van der Waals surface area contributed by atoms with Gasteiger partial charge in [0.05, 0.1) is 20.3 Å². The molecule has 2 rings (SSSR count). The van der Waals surface area contributed by atoms with E-state index >= 15 is 0 Å². The van der Waals surface area contributed by atoms with Gasteiger partial charge in [0, 0.05) is 12.5 Å². The van der Waals surface area contributed by atoms with Gasteiger partial charge in [-0.15, -0.1) is 0 Å². The fourth-order valence-corrected chi connectivity index (χ4v) is 4.66. The van der Waals surface area contributed by atoms with Gasteiger partial charge in [-0.1, -0.05) is 20.8 Å². The van der Waals surface area contributed by atoms with Crippen LogP contribution in [-0.2, 0) is 18.7 Å². The largest absolute Gasteiger partial charge is 0.467 e. The summed E-state index contributed by atoms with van der Waals surface area (Å²) in [6, 6.07) is 0. The lowest BCUT2D eigenvalue weighted by Gasteiger charge is -2.43. The molecule has 6 nitrogen and oxygen atoms in total. The number of amides is 1. The molecule has 7 heteroatoms. The first kappa shape index (κ1) is 18.3. The third-order valence-electron chi connectivity index (χ3n) is 5.74. The molecule has 0 aromatic carbocycles. The van der Waals surface area contributed by atoms with Crippen LogP contribution in [0.1, 0.15) is 33.6 Å². The molecular weight excluding hydrogens is 314 g/mol. The first-order valence-corrected chi connectivity index (χ1v) is 11.0. The first-order valence-electron chi connectivity index (χ1n) is 8.13. The Morgan fingerprint density at radius 2 is 1.78 bits per heavy atom. The van der Waals surface area contributed by atoms with Crippen LogP contribution in [0.15, 0.2) is 0 Å². The summed E-state index contributed by atoms with van der Waals surface area (Å²) in [5, 5.41) is 0.106. The molecule has 0 bridgehead atoms. The van der Waals surface area contributed by atoms with Crippen molar-refractivity contribution in [1.29, 1.82) is 0 Å². The van der Waals surface area contributed by atoms with Crippen LogP contribution in [0.2, 0.25) is 18.1 Å². The van der Waals surface area contributed by atoms with Crippen molar-refractivity contribution in [2.45, 2.75) is 63.4 Å². The minimum Gasteiger partial charge on any atom is -0.467 e. The SMILES string of the molecule is COC(=O)N1CC[C@@H](O[Si](C)(C)C(C)(C)C)[C@@H]2C[C@@]21C(=O)OC. The number of hydrogen-bond acceptors (Lipinski definition) is 5. The van der Waals surface area contributed by atoms with E-state index in [-0.39, 0.29) is 23.0 Å². The molecule has 0 aromatic rings. The Morgan fingerprint density at radius 3 is 2.26 bits per heavy atom. The van der Waals surface area contributed by atoms with Crippen LogP contribution in [-0.4, -0.2) is 57.7 Å². The molecule has 0 spiro atoms. The van der Waals surface area contributed by atoms with Gasteiger partial charge in [-0.2, -0.15) is 0 Å². The molecule has 132 valence electrons. The highest BCUT2D eigenvalue weighted by atomic mass is 28.4. The molecule has 0 radical (unpaired) electrons. The molecular formula is C16H29NO5Si. The number of likely N-dealkylation sites (tertiary alicyclic amines) is 1. The zero-order chi connectivity index (χ0) is 17.6. The molecule has 23 heavy (non-hydrogen) atoms. The summed E-state index contributed by atoms with van der Waals surface area (Å²) in [4.78, 5) is 25.9. The molecule has 1 aliphatic heterocycles. The third kappa shape index (κ3) is 2.89. The average molecular weight is 343 g/mol. The average Bonchev–Trinajstić information content (AvgIpc) is 3.21. The van der Waals surface area contributed by atoms with E-state index < -0.39 is 19.9 Å². The van der Waals surface area contributed by atoms with E-state index in [1.807, 2.05) is 0 Å². The summed E-state index contributed by atoms with van der Waals surface area (Å²) in [5.41, 5.74) is -0.896. The van der Waals surface area contributed by atoms with Gasteiger partial charge in [-0.3, -0.25) is 4.90 Å². The smallest absolute Gasteiger partial charge is 0.410 e. The van der Waals surface area contributed by atoms with Crippen LogP contribution < -0.4 is 0 Å². The van der Waals surface area contributed by atoms with Gasteiger partial charge in [0.2, 0.25) is 0 Å². The van der Waals surface area contributed by atoms with Gasteiger partial charge in [-0.05, 0) is 31.0 Å². The highest BCUT2D eigenvalue weighted by Gasteiger charge is 2.71. The van der Waals surface area contributed by atoms with Gasteiger partial charge in [0.1, 0.15) is 5.54 Å². The van der Waals surface area contributed by atoms with Gasteiger partial charge in [0.25, 0.3) is 0 Å². The van der Waals surface area contributed by atoms with Crippen LogP contribution in [0.25, 0.3) is 0 Å². The lowest BCUT2D eigenvalue weighted by molar-refractivity contribution is -0.151.